The van der Waals surface area contributed by atoms with Gasteiger partial charge in [-0.05, 0) is 49.7 Å². The Morgan fingerprint density at radius 2 is 1.73 bits per heavy atom. The molecule has 3 rings (SSSR count). The van der Waals surface area contributed by atoms with E-state index in [4.69, 9.17) is 4.74 Å². The van der Waals surface area contributed by atoms with Crippen LogP contribution in [0.4, 0.5) is 13.2 Å². The molecule has 0 unspecified atom stereocenters. The Bertz CT molecular complexity index is 1260. The van der Waals surface area contributed by atoms with Gasteiger partial charge < -0.3 is 9.47 Å². The van der Waals surface area contributed by atoms with E-state index >= 15 is 0 Å². The van der Waals surface area contributed by atoms with Crippen molar-refractivity contribution in [2.24, 2.45) is 0 Å². The van der Waals surface area contributed by atoms with Gasteiger partial charge in [0.15, 0.2) is 0 Å². The number of alkyl halides is 3. The van der Waals surface area contributed by atoms with E-state index in [1.807, 2.05) is 0 Å². The van der Waals surface area contributed by atoms with E-state index in [2.05, 4.69) is 4.74 Å². The smallest absolute Gasteiger partial charge is 0.416 e. The highest BCUT2D eigenvalue weighted by atomic mass is 32.2. The number of benzene rings is 2. The quantitative estimate of drug-likeness (QED) is 0.392. The zero-order valence-electron chi connectivity index (χ0n) is 18.0. The van der Waals surface area contributed by atoms with Crippen LogP contribution in [0.2, 0.25) is 0 Å². The minimum Gasteiger partial charge on any atom is -0.494 e. The van der Waals surface area contributed by atoms with Crippen LogP contribution in [0.5, 0.6) is 5.75 Å². The van der Waals surface area contributed by atoms with Crippen molar-refractivity contribution in [2.45, 2.75) is 36.2 Å². The number of thiophene rings is 1. The fourth-order valence-corrected chi connectivity index (χ4v) is 6.05. The summed E-state index contributed by atoms with van der Waals surface area (Å²) < 4.78 is 75.4. The van der Waals surface area contributed by atoms with Gasteiger partial charge in [0.2, 0.25) is 9.84 Å². The predicted octanol–water partition coefficient (Wildman–Crippen LogP) is 5.69. The molecule has 0 atom stereocenters. The zero-order valence-corrected chi connectivity index (χ0v) is 19.7. The number of esters is 1. The lowest BCUT2D eigenvalue weighted by atomic mass is 10.1. The number of aryl methyl sites for hydroxylation is 1. The first-order chi connectivity index (χ1) is 15.5. The summed E-state index contributed by atoms with van der Waals surface area (Å²) >= 11 is 1.18. The van der Waals surface area contributed by atoms with Crippen LogP contribution >= 0.6 is 11.3 Å². The molecule has 2 aromatic carbocycles. The molecule has 3 aromatic rings. The van der Waals surface area contributed by atoms with Crippen molar-refractivity contribution in [3.63, 3.8) is 0 Å². The first kappa shape index (κ1) is 24.8. The molecule has 1 heterocycles. The van der Waals surface area contributed by atoms with E-state index in [1.165, 1.54) is 54.8 Å². The Morgan fingerprint density at radius 1 is 1.06 bits per heavy atom. The number of halogens is 3. The Kier molecular flexibility index (Phi) is 7.18. The summed E-state index contributed by atoms with van der Waals surface area (Å²) in [6.07, 6.45) is -4.52. The highest BCUT2D eigenvalue weighted by Crippen LogP contribution is 2.38. The molecule has 10 heteroatoms. The van der Waals surface area contributed by atoms with Gasteiger partial charge in [0.1, 0.15) is 5.75 Å². The van der Waals surface area contributed by atoms with Gasteiger partial charge in [-0.15, -0.1) is 11.3 Å². The van der Waals surface area contributed by atoms with Crippen LogP contribution in [0.15, 0.2) is 58.3 Å². The molecule has 0 spiro atoms. The van der Waals surface area contributed by atoms with Crippen LogP contribution in [0.25, 0.3) is 10.4 Å². The summed E-state index contributed by atoms with van der Waals surface area (Å²) in [5, 5.41) is 0. The lowest BCUT2D eigenvalue weighted by molar-refractivity contribution is -0.140. The molecule has 0 fully saturated rings. The number of rotatable bonds is 7. The van der Waals surface area contributed by atoms with Crippen LogP contribution in [0.3, 0.4) is 0 Å². The minimum absolute atomic E-state index is 0.0144. The molecule has 0 aliphatic carbocycles. The van der Waals surface area contributed by atoms with Gasteiger partial charge in [-0.2, -0.15) is 13.2 Å². The summed E-state index contributed by atoms with van der Waals surface area (Å²) in [7, 11) is -2.69. The van der Waals surface area contributed by atoms with Crippen molar-refractivity contribution < 1.29 is 35.9 Å². The molecule has 1 aromatic heterocycles. The molecule has 33 heavy (non-hydrogen) atoms. The van der Waals surface area contributed by atoms with Gasteiger partial charge in [-0.3, -0.25) is 4.79 Å². The van der Waals surface area contributed by atoms with Crippen LogP contribution < -0.4 is 4.74 Å². The molecule has 176 valence electrons. The molecule has 0 N–H and O–H groups in total. The van der Waals surface area contributed by atoms with Crippen molar-refractivity contribution in [3.8, 4) is 16.2 Å². The maximum atomic E-state index is 13.3. The third kappa shape index (κ3) is 5.39. The van der Waals surface area contributed by atoms with E-state index in [9.17, 15) is 26.4 Å². The highest BCUT2D eigenvalue weighted by molar-refractivity contribution is 7.91. The third-order valence-corrected chi connectivity index (χ3v) is 7.98. The number of hydrogen-bond donors (Lipinski definition) is 0. The Morgan fingerprint density at radius 3 is 2.30 bits per heavy atom. The van der Waals surface area contributed by atoms with Gasteiger partial charge in [0.25, 0.3) is 0 Å². The van der Waals surface area contributed by atoms with Crippen LogP contribution in [-0.2, 0) is 32.0 Å². The maximum absolute atomic E-state index is 13.3. The van der Waals surface area contributed by atoms with Crippen molar-refractivity contribution in [1.82, 2.24) is 0 Å². The summed E-state index contributed by atoms with van der Waals surface area (Å²) in [6, 6.07) is 10.3. The fourth-order valence-electron chi connectivity index (χ4n) is 3.19. The second kappa shape index (κ2) is 9.56. The topological polar surface area (TPSA) is 69.7 Å². The molecule has 0 saturated heterocycles. The van der Waals surface area contributed by atoms with Gasteiger partial charge in [-0.1, -0.05) is 18.2 Å². The molecule has 5 nitrogen and oxygen atoms in total. The molecule has 0 bridgehead atoms. The normalized spacial score (nSPS) is 11.9. The Balaban J connectivity index is 1.99. The third-order valence-electron chi connectivity index (χ3n) is 4.87. The summed E-state index contributed by atoms with van der Waals surface area (Å²) in [4.78, 5) is 12.7. The molecule has 0 radical (unpaired) electrons. The minimum atomic E-state index is -4.45. The standard InChI is InChI=1S/C23H21F3O5S2/c1-4-31-19-12-18(10-7-16(19)11-22(27)30-3)33(28,29)21-13-20(32-14(21)2)15-5-8-17(9-6-15)23(24,25)26/h5-10,12-13H,4,11H2,1-3H3. The second-order valence-electron chi connectivity index (χ2n) is 7.07. The van der Waals surface area contributed by atoms with Gasteiger partial charge in [0.05, 0.1) is 35.5 Å². The van der Waals surface area contributed by atoms with E-state index < -0.39 is 27.5 Å². The number of hydrogen-bond acceptors (Lipinski definition) is 6. The molecular formula is C23H21F3O5S2. The monoisotopic (exact) mass is 498 g/mol. The van der Waals surface area contributed by atoms with E-state index in [0.717, 1.165) is 12.1 Å². The number of ether oxygens (including phenoxy) is 2. The Labute approximate surface area is 193 Å². The number of carbonyl (C=O) groups excluding carboxylic acids is 1. The van der Waals surface area contributed by atoms with E-state index in [0.29, 0.717) is 20.9 Å². The summed E-state index contributed by atoms with van der Waals surface area (Å²) in [5.41, 5.74) is 0.207. The largest absolute Gasteiger partial charge is 0.494 e. The maximum Gasteiger partial charge on any atom is 0.416 e. The summed E-state index contributed by atoms with van der Waals surface area (Å²) in [6.45, 7) is 3.65. The average molecular weight is 499 g/mol. The lowest BCUT2D eigenvalue weighted by Gasteiger charge is -2.12. The van der Waals surface area contributed by atoms with Crippen molar-refractivity contribution in [2.75, 3.05) is 13.7 Å². The SMILES string of the molecule is CCOc1cc(S(=O)(=O)c2cc(-c3ccc(C(F)(F)F)cc3)sc2C)ccc1CC(=O)OC. The first-order valence-corrected chi connectivity index (χ1v) is 12.1. The van der Waals surface area contributed by atoms with E-state index in [-0.39, 0.29) is 28.6 Å². The lowest BCUT2D eigenvalue weighted by Crippen LogP contribution is -2.08. The van der Waals surface area contributed by atoms with Crippen LogP contribution in [0.1, 0.15) is 22.9 Å². The number of methoxy groups -OCH3 is 1. The average Bonchev–Trinajstić information content (AvgIpc) is 3.17. The molecule has 0 aliphatic heterocycles. The Hall–Kier alpha value is -2.85. The molecule has 0 amide bonds. The number of carbonyl (C=O) groups is 1. The molecular weight excluding hydrogens is 477 g/mol. The molecule has 0 saturated carbocycles. The van der Waals surface area contributed by atoms with Crippen LogP contribution in [0, 0.1) is 6.92 Å². The predicted molar refractivity (Wildman–Crippen MR) is 118 cm³/mol. The summed E-state index contributed by atoms with van der Waals surface area (Å²) in [5.74, 6) is -0.221. The van der Waals surface area contributed by atoms with Crippen molar-refractivity contribution in [1.29, 1.82) is 0 Å². The second-order valence-corrected chi connectivity index (χ2v) is 10.2. The van der Waals surface area contributed by atoms with Crippen molar-refractivity contribution >= 4 is 27.1 Å². The highest BCUT2D eigenvalue weighted by Gasteiger charge is 2.30. The fraction of sp³-hybridized carbons (Fsp3) is 0.261. The number of sulfone groups is 1. The molecule has 0 aliphatic rings. The van der Waals surface area contributed by atoms with Gasteiger partial charge in [-0.25, -0.2) is 8.42 Å². The van der Waals surface area contributed by atoms with Crippen LogP contribution in [-0.4, -0.2) is 28.1 Å². The first-order valence-electron chi connectivity index (χ1n) is 9.83. The van der Waals surface area contributed by atoms with E-state index in [1.54, 1.807) is 13.8 Å². The zero-order chi connectivity index (χ0) is 24.4. The van der Waals surface area contributed by atoms with Crippen molar-refractivity contribution in [3.05, 3.63) is 64.5 Å². The van der Waals surface area contributed by atoms with Gasteiger partial charge in [0, 0.05) is 15.3 Å². The van der Waals surface area contributed by atoms with Gasteiger partial charge >= 0.3 is 12.1 Å².